The summed E-state index contributed by atoms with van der Waals surface area (Å²) in [5, 5.41) is 0. The molecule has 1 aliphatic rings. The third-order valence-electron chi connectivity index (χ3n) is 5.33. The average Bonchev–Trinajstić information content (AvgIpc) is 2.94. The number of benzene rings is 2. The lowest BCUT2D eigenvalue weighted by Gasteiger charge is -2.25. The summed E-state index contributed by atoms with van der Waals surface area (Å²) in [6.45, 7) is 6.47. The number of rotatable bonds is 6. The molecular formula is C23H26N2O3. The van der Waals surface area contributed by atoms with Gasteiger partial charge in [0, 0.05) is 19.2 Å². The maximum atomic E-state index is 13.0. The Labute approximate surface area is 166 Å². The summed E-state index contributed by atoms with van der Waals surface area (Å²) in [5.41, 5.74) is 2.14. The van der Waals surface area contributed by atoms with Crippen molar-refractivity contribution in [2.45, 2.75) is 33.2 Å². The first kappa shape index (κ1) is 19.8. The Morgan fingerprint density at radius 3 is 2.25 bits per heavy atom. The Balaban J connectivity index is 1.82. The molecule has 1 aliphatic heterocycles. The van der Waals surface area contributed by atoms with Crippen LogP contribution in [0.4, 0.5) is 0 Å². The smallest absolute Gasteiger partial charge is 0.261 e. The summed E-state index contributed by atoms with van der Waals surface area (Å²) in [6.07, 6.45) is 0.759. The first-order valence-corrected chi connectivity index (χ1v) is 9.63. The van der Waals surface area contributed by atoms with E-state index < -0.39 is 0 Å². The van der Waals surface area contributed by atoms with Crippen LogP contribution in [-0.4, -0.2) is 41.1 Å². The molecule has 0 aromatic heterocycles. The molecule has 3 rings (SSSR count). The van der Waals surface area contributed by atoms with Gasteiger partial charge in [0.1, 0.15) is 0 Å². The van der Waals surface area contributed by atoms with Gasteiger partial charge in [-0.1, -0.05) is 44.2 Å². The van der Waals surface area contributed by atoms with E-state index in [0.717, 1.165) is 12.0 Å². The fourth-order valence-corrected chi connectivity index (χ4v) is 3.35. The normalized spacial score (nSPS) is 14.4. The number of carbonyl (C=O) groups is 3. The number of amides is 3. The number of hydrogen-bond donors (Lipinski definition) is 0. The summed E-state index contributed by atoms with van der Waals surface area (Å²) in [5.74, 6) is -0.366. The van der Waals surface area contributed by atoms with Crippen LogP contribution in [0.25, 0.3) is 0 Å². The molecule has 146 valence electrons. The zero-order chi connectivity index (χ0) is 20.4. The lowest BCUT2D eigenvalue weighted by atomic mass is 10.0. The maximum Gasteiger partial charge on any atom is 0.261 e. The molecule has 2 aromatic rings. The Hall–Kier alpha value is -2.95. The van der Waals surface area contributed by atoms with Crippen molar-refractivity contribution in [3.8, 4) is 0 Å². The minimum atomic E-state index is -0.311. The zero-order valence-corrected chi connectivity index (χ0v) is 16.8. The van der Waals surface area contributed by atoms with Crippen molar-refractivity contribution in [1.82, 2.24) is 9.80 Å². The molecule has 0 unspecified atom stereocenters. The van der Waals surface area contributed by atoms with Gasteiger partial charge in [0.25, 0.3) is 17.7 Å². The lowest BCUT2D eigenvalue weighted by molar-refractivity contribution is 0.0647. The summed E-state index contributed by atoms with van der Waals surface area (Å²) >= 11 is 0. The Bertz CT molecular complexity index is 905. The molecule has 0 spiro atoms. The van der Waals surface area contributed by atoms with Crippen LogP contribution in [0.5, 0.6) is 0 Å². The molecule has 0 fully saturated rings. The van der Waals surface area contributed by atoms with Crippen LogP contribution in [0.15, 0.2) is 48.5 Å². The first-order chi connectivity index (χ1) is 13.3. The number of hydrogen-bond acceptors (Lipinski definition) is 3. The van der Waals surface area contributed by atoms with Crippen LogP contribution in [0.1, 0.15) is 69.9 Å². The molecule has 1 heterocycles. The largest absolute Gasteiger partial charge is 0.335 e. The van der Waals surface area contributed by atoms with E-state index in [1.54, 1.807) is 30.1 Å². The van der Waals surface area contributed by atoms with Crippen LogP contribution in [0.2, 0.25) is 0 Å². The van der Waals surface area contributed by atoms with Gasteiger partial charge >= 0.3 is 0 Å². The molecule has 28 heavy (non-hydrogen) atoms. The van der Waals surface area contributed by atoms with Gasteiger partial charge in [-0.3, -0.25) is 19.3 Å². The topological polar surface area (TPSA) is 57.7 Å². The van der Waals surface area contributed by atoms with Crippen molar-refractivity contribution in [2.75, 3.05) is 13.6 Å². The van der Waals surface area contributed by atoms with E-state index in [4.69, 9.17) is 0 Å². The molecule has 1 atom stereocenters. The van der Waals surface area contributed by atoms with Crippen LogP contribution in [0.3, 0.4) is 0 Å². The van der Waals surface area contributed by atoms with E-state index in [9.17, 15) is 14.4 Å². The van der Waals surface area contributed by atoms with E-state index >= 15 is 0 Å². The van der Waals surface area contributed by atoms with Gasteiger partial charge in [-0.25, -0.2) is 0 Å². The molecule has 3 amide bonds. The highest BCUT2D eigenvalue weighted by Gasteiger charge is 2.36. The van der Waals surface area contributed by atoms with Crippen molar-refractivity contribution in [3.05, 3.63) is 70.8 Å². The Morgan fingerprint density at radius 2 is 1.61 bits per heavy atom. The quantitative estimate of drug-likeness (QED) is 0.709. The van der Waals surface area contributed by atoms with Gasteiger partial charge in [0.05, 0.1) is 17.2 Å². The third kappa shape index (κ3) is 3.70. The Morgan fingerprint density at radius 1 is 0.964 bits per heavy atom. The van der Waals surface area contributed by atoms with Gasteiger partial charge in [0.2, 0.25) is 0 Å². The minimum Gasteiger partial charge on any atom is -0.335 e. The van der Waals surface area contributed by atoms with Crippen LogP contribution in [-0.2, 0) is 0 Å². The summed E-state index contributed by atoms with van der Waals surface area (Å²) < 4.78 is 0. The second kappa shape index (κ2) is 7.97. The van der Waals surface area contributed by atoms with Crippen LogP contribution >= 0.6 is 0 Å². The van der Waals surface area contributed by atoms with Crippen molar-refractivity contribution in [3.63, 3.8) is 0 Å². The average molecular weight is 378 g/mol. The van der Waals surface area contributed by atoms with Crippen molar-refractivity contribution < 1.29 is 14.4 Å². The van der Waals surface area contributed by atoms with Gasteiger partial charge in [-0.15, -0.1) is 0 Å². The highest BCUT2D eigenvalue weighted by molar-refractivity contribution is 6.22. The summed E-state index contributed by atoms with van der Waals surface area (Å²) in [6, 6.07) is 14.4. The van der Waals surface area contributed by atoms with Crippen LogP contribution < -0.4 is 0 Å². The van der Waals surface area contributed by atoms with E-state index in [0.29, 0.717) is 29.2 Å². The summed E-state index contributed by atoms with van der Waals surface area (Å²) in [4.78, 5) is 41.1. The highest BCUT2D eigenvalue weighted by Crippen LogP contribution is 2.27. The zero-order valence-electron chi connectivity index (χ0n) is 16.8. The predicted molar refractivity (Wildman–Crippen MR) is 108 cm³/mol. The molecule has 5 heteroatoms. The van der Waals surface area contributed by atoms with E-state index in [-0.39, 0.29) is 23.8 Å². The molecule has 0 bridgehead atoms. The number of imide groups is 1. The number of carbonyl (C=O) groups excluding carboxylic acids is 3. The maximum absolute atomic E-state index is 13.0. The van der Waals surface area contributed by atoms with Gasteiger partial charge in [-0.05, 0) is 43.0 Å². The fraction of sp³-hybridized carbons (Fsp3) is 0.348. The first-order valence-electron chi connectivity index (χ1n) is 9.63. The third-order valence-corrected chi connectivity index (χ3v) is 5.33. The van der Waals surface area contributed by atoms with Crippen molar-refractivity contribution >= 4 is 17.7 Å². The second-order valence-electron chi connectivity index (χ2n) is 7.71. The lowest BCUT2D eigenvalue weighted by Crippen LogP contribution is -2.31. The highest BCUT2D eigenvalue weighted by atomic mass is 16.2. The molecule has 2 aromatic carbocycles. The van der Waals surface area contributed by atoms with Crippen molar-refractivity contribution in [1.29, 1.82) is 0 Å². The Kier molecular flexibility index (Phi) is 5.63. The molecule has 0 radical (unpaired) electrons. The molecule has 5 nitrogen and oxygen atoms in total. The number of fused-ring (bicyclic) bond motifs is 1. The van der Waals surface area contributed by atoms with E-state index in [1.807, 2.05) is 37.3 Å². The van der Waals surface area contributed by atoms with Crippen molar-refractivity contribution in [2.24, 2.45) is 5.92 Å². The van der Waals surface area contributed by atoms with Gasteiger partial charge in [-0.2, -0.15) is 0 Å². The monoisotopic (exact) mass is 378 g/mol. The molecular weight excluding hydrogens is 352 g/mol. The molecule has 0 aliphatic carbocycles. The predicted octanol–water partition coefficient (Wildman–Crippen LogP) is 4.16. The molecule has 0 saturated carbocycles. The number of nitrogens with zero attached hydrogens (tertiary/aromatic N) is 2. The van der Waals surface area contributed by atoms with Gasteiger partial charge in [0.15, 0.2) is 0 Å². The standard InChI is InChI=1S/C23H26N2O3/c1-15(2)12-13-25-22(27)19-11-10-18(14-20(19)23(25)28)21(26)24(4)16(3)17-8-6-5-7-9-17/h5-11,14-16H,12-13H2,1-4H3/t16-/m1/s1. The fourth-order valence-electron chi connectivity index (χ4n) is 3.35. The minimum absolute atomic E-state index is 0.109. The summed E-state index contributed by atoms with van der Waals surface area (Å²) in [7, 11) is 1.75. The molecule has 0 N–H and O–H groups in total. The van der Waals surface area contributed by atoms with E-state index in [1.165, 1.54) is 4.90 Å². The van der Waals surface area contributed by atoms with Crippen LogP contribution in [0, 0.1) is 5.92 Å². The van der Waals surface area contributed by atoms with Gasteiger partial charge < -0.3 is 4.90 Å². The SMILES string of the molecule is CC(C)CCN1C(=O)c2ccc(C(=O)N(C)[C@H](C)c3ccccc3)cc2C1=O. The van der Waals surface area contributed by atoms with E-state index in [2.05, 4.69) is 13.8 Å². The molecule has 0 saturated heterocycles. The second-order valence-corrected chi connectivity index (χ2v) is 7.71.